The number of carbonyl (C=O) groups is 1. The summed E-state index contributed by atoms with van der Waals surface area (Å²) in [6.45, 7) is 2.65. The number of carbonyl (C=O) groups excluding carboxylic acids is 1. The molecule has 1 fully saturated rings. The number of anilines is 1. The van der Waals surface area contributed by atoms with Crippen LogP contribution in [0.25, 0.3) is 0 Å². The van der Waals surface area contributed by atoms with E-state index < -0.39 is 0 Å². The van der Waals surface area contributed by atoms with Crippen LogP contribution in [0.3, 0.4) is 0 Å². The Kier molecular flexibility index (Phi) is 3.92. The number of hydrogen-bond acceptors (Lipinski definition) is 3. The van der Waals surface area contributed by atoms with Crippen molar-refractivity contribution in [1.82, 2.24) is 5.32 Å². The van der Waals surface area contributed by atoms with E-state index >= 15 is 0 Å². The Bertz CT molecular complexity index is 481. The summed E-state index contributed by atoms with van der Waals surface area (Å²) in [7, 11) is 1.68. The van der Waals surface area contributed by atoms with Crippen LogP contribution < -0.4 is 15.0 Å². The van der Waals surface area contributed by atoms with E-state index in [-0.39, 0.29) is 11.8 Å². The van der Waals surface area contributed by atoms with Crippen LogP contribution in [0.2, 0.25) is 0 Å². The molecule has 1 atom stereocenters. The summed E-state index contributed by atoms with van der Waals surface area (Å²) in [6, 6.07) is 6.06. The molecule has 1 N–H and O–H groups in total. The SMILES string of the molecule is COc1cccc2c1N(C(=O)C1CCCNC1)CCC2. The van der Waals surface area contributed by atoms with Gasteiger partial charge in [-0.3, -0.25) is 4.79 Å². The number of aryl methyl sites for hydroxylation is 1. The van der Waals surface area contributed by atoms with E-state index in [1.807, 2.05) is 17.0 Å². The summed E-state index contributed by atoms with van der Waals surface area (Å²) in [5.41, 5.74) is 2.23. The van der Waals surface area contributed by atoms with E-state index in [4.69, 9.17) is 4.74 Å². The Morgan fingerprint density at radius 3 is 3.05 bits per heavy atom. The van der Waals surface area contributed by atoms with E-state index in [1.165, 1.54) is 5.56 Å². The van der Waals surface area contributed by atoms with Gasteiger partial charge in [0.1, 0.15) is 5.75 Å². The van der Waals surface area contributed by atoms with Crippen molar-refractivity contribution < 1.29 is 9.53 Å². The fourth-order valence-corrected chi connectivity index (χ4v) is 3.28. The second-order valence-corrected chi connectivity index (χ2v) is 5.60. The monoisotopic (exact) mass is 274 g/mol. The first-order valence-electron chi connectivity index (χ1n) is 7.49. The lowest BCUT2D eigenvalue weighted by Crippen LogP contribution is -2.45. The van der Waals surface area contributed by atoms with Crippen LogP contribution in [0.5, 0.6) is 5.75 Å². The summed E-state index contributed by atoms with van der Waals surface area (Å²) in [6.07, 6.45) is 4.14. The number of benzene rings is 1. The van der Waals surface area contributed by atoms with E-state index in [9.17, 15) is 4.79 Å². The molecular weight excluding hydrogens is 252 g/mol. The fourth-order valence-electron chi connectivity index (χ4n) is 3.28. The van der Waals surface area contributed by atoms with Crippen molar-refractivity contribution in [3.05, 3.63) is 23.8 Å². The zero-order chi connectivity index (χ0) is 13.9. The predicted molar refractivity (Wildman–Crippen MR) is 79.3 cm³/mol. The van der Waals surface area contributed by atoms with E-state index in [0.29, 0.717) is 0 Å². The lowest BCUT2D eigenvalue weighted by molar-refractivity contribution is -0.123. The Morgan fingerprint density at radius 1 is 1.40 bits per heavy atom. The van der Waals surface area contributed by atoms with Crippen molar-refractivity contribution in [3.8, 4) is 5.75 Å². The maximum absolute atomic E-state index is 12.8. The van der Waals surface area contributed by atoms with Gasteiger partial charge in [-0.05, 0) is 43.9 Å². The Morgan fingerprint density at radius 2 is 2.30 bits per heavy atom. The standard InChI is InChI=1S/C16H22N2O2/c1-20-14-8-2-5-12-7-4-10-18(15(12)14)16(19)13-6-3-9-17-11-13/h2,5,8,13,17H,3-4,6-7,9-11H2,1H3. The van der Waals surface area contributed by atoms with Gasteiger partial charge in [-0.1, -0.05) is 12.1 Å². The first-order chi connectivity index (χ1) is 9.81. The minimum absolute atomic E-state index is 0.111. The van der Waals surface area contributed by atoms with Crippen molar-refractivity contribution in [2.45, 2.75) is 25.7 Å². The summed E-state index contributed by atoms with van der Waals surface area (Å²) in [5, 5.41) is 3.33. The third-order valence-electron chi connectivity index (χ3n) is 4.31. The van der Waals surface area contributed by atoms with Crippen LogP contribution in [-0.2, 0) is 11.2 Å². The van der Waals surface area contributed by atoms with Gasteiger partial charge in [-0.2, -0.15) is 0 Å². The second kappa shape index (κ2) is 5.83. The van der Waals surface area contributed by atoms with Crippen LogP contribution in [0, 0.1) is 5.92 Å². The zero-order valence-electron chi connectivity index (χ0n) is 12.0. The molecule has 0 bridgehead atoms. The minimum atomic E-state index is 0.111. The zero-order valence-corrected chi connectivity index (χ0v) is 12.0. The summed E-state index contributed by atoms with van der Waals surface area (Å²) in [4.78, 5) is 14.8. The van der Waals surface area contributed by atoms with Crippen molar-refractivity contribution in [1.29, 1.82) is 0 Å². The van der Waals surface area contributed by atoms with E-state index in [0.717, 1.165) is 56.8 Å². The first kappa shape index (κ1) is 13.4. The average Bonchev–Trinajstić information content (AvgIpc) is 2.53. The van der Waals surface area contributed by atoms with Crippen LogP contribution in [0.4, 0.5) is 5.69 Å². The highest BCUT2D eigenvalue weighted by molar-refractivity contribution is 5.98. The van der Waals surface area contributed by atoms with Gasteiger partial charge in [-0.25, -0.2) is 0 Å². The van der Waals surface area contributed by atoms with Crippen LogP contribution >= 0.6 is 0 Å². The van der Waals surface area contributed by atoms with Crippen molar-refractivity contribution in [2.75, 3.05) is 31.6 Å². The molecule has 2 heterocycles. The fraction of sp³-hybridized carbons (Fsp3) is 0.562. The number of para-hydroxylation sites is 1. The number of ether oxygens (including phenoxy) is 1. The van der Waals surface area contributed by atoms with Gasteiger partial charge >= 0.3 is 0 Å². The molecule has 0 saturated carbocycles. The van der Waals surface area contributed by atoms with E-state index in [2.05, 4.69) is 11.4 Å². The number of fused-ring (bicyclic) bond motifs is 1. The summed E-state index contributed by atoms with van der Waals surface area (Å²) >= 11 is 0. The van der Waals surface area contributed by atoms with Gasteiger partial charge in [-0.15, -0.1) is 0 Å². The molecule has 1 aromatic rings. The largest absolute Gasteiger partial charge is 0.495 e. The summed E-state index contributed by atoms with van der Waals surface area (Å²) < 4.78 is 5.47. The Balaban J connectivity index is 1.90. The Hall–Kier alpha value is -1.55. The van der Waals surface area contributed by atoms with Gasteiger partial charge in [0.05, 0.1) is 18.7 Å². The first-order valence-corrected chi connectivity index (χ1v) is 7.49. The highest BCUT2D eigenvalue weighted by Crippen LogP contribution is 2.37. The molecule has 4 heteroatoms. The van der Waals surface area contributed by atoms with Gasteiger partial charge < -0.3 is 15.0 Å². The topological polar surface area (TPSA) is 41.6 Å². The average molecular weight is 274 g/mol. The van der Waals surface area contributed by atoms with Gasteiger partial charge in [0.15, 0.2) is 0 Å². The predicted octanol–water partition coefficient (Wildman–Crippen LogP) is 1.97. The molecule has 108 valence electrons. The molecule has 2 aliphatic rings. The molecule has 20 heavy (non-hydrogen) atoms. The molecule has 1 amide bonds. The number of nitrogens with one attached hydrogen (secondary N) is 1. The van der Waals surface area contributed by atoms with Crippen molar-refractivity contribution >= 4 is 11.6 Å². The lowest BCUT2D eigenvalue weighted by Gasteiger charge is -2.34. The van der Waals surface area contributed by atoms with E-state index in [1.54, 1.807) is 7.11 Å². The Labute approximate surface area is 120 Å². The lowest BCUT2D eigenvalue weighted by atomic mass is 9.95. The number of hydrogen-bond donors (Lipinski definition) is 1. The maximum Gasteiger partial charge on any atom is 0.231 e. The second-order valence-electron chi connectivity index (χ2n) is 5.60. The van der Waals surface area contributed by atoms with Crippen LogP contribution in [0.1, 0.15) is 24.8 Å². The molecule has 2 aliphatic heterocycles. The maximum atomic E-state index is 12.8. The molecule has 0 radical (unpaired) electrons. The number of piperidine rings is 1. The van der Waals surface area contributed by atoms with Gasteiger partial charge in [0.2, 0.25) is 5.91 Å². The minimum Gasteiger partial charge on any atom is -0.495 e. The normalized spacial score (nSPS) is 22.2. The quantitative estimate of drug-likeness (QED) is 0.896. The van der Waals surface area contributed by atoms with Crippen molar-refractivity contribution in [2.24, 2.45) is 5.92 Å². The van der Waals surface area contributed by atoms with Crippen LogP contribution in [-0.4, -0.2) is 32.7 Å². The molecular formula is C16H22N2O2. The number of amides is 1. The smallest absolute Gasteiger partial charge is 0.231 e. The molecule has 0 aromatic heterocycles. The molecule has 4 nitrogen and oxygen atoms in total. The summed E-state index contributed by atoms with van der Waals surface area (Å²) in [5.74, 6) is 1.18. The molecule has 1 aromatic carbocycles. The molecule has 1 saturated heterocycles. The van der Waals surface area contributed by atoms with Crippen LogP contribution in [0.15, 0.2) is 18.2 Å². The molecule has 3 rings (SSSR count). The highest BCUT2D eigenvalue weighted by atomic mass is 16.5. The molecule has 1 unspecified atom stereocenters. The van der Waals surface area contributed by atoms with Gasteiger partial charge in [0, 0.05) is 13.1 Å². The third kappa shape index (κ3) is 2.40. The van der Waals surface area contributed by atoms with Crippen molar-refractivity contribution in [3.63, 3.8) is 0 Å². The third-order valence-corrected chi connectivity index (χ3v) is 4.31. The molecule has 0 aliphatic carbocycles. The van der Waals surface area contributed by atoms with Gasteiger partial charge in [0.25, 0.3) is 0 Å². The highest BCUT2D eigenvalue weighted by Gasteiger charge is 2.31. The number of nitrogens with zero attached hydrogens (tertiary/aromatic N) is 1. The number of methoxy groups -OCH3 is 1. The molecule has 0 spiro atoms. The number of rotatable bonds is 2.